The van der Waals surface area contributed by atoms with Gasteiger partial charge < -0.3 is 9.84 Å². The first-order valence-electron chi connectivity index (χ1n) is 8.58. The van der Waals surface area contributed by atoms with Gasteiger partial charge in [0.25, 0.3) is 0 Å². The number of rotatable bonds is 6. The van der Waals surface area contributed by atoms with Crippen LogP contribution in [0.3, 0.4) is 0 Å². The van der Waals surface area contributed by atoms with Crippen LogP contribution in [-0.2, 0) is 10.2 Å². The van der Waals surface area contributed by atoms with Crippen molar-refractivity contribution in [2.45, 2.75) is 46.0 Å². The highest BCUT2D eigenvalue weighted by atomic mass is 16.5. The summed E-state index contributed by atoms with van der Waals surface area (Å²) in [5.41, 5.74) is 0.762. The van der Waals surface area contributed by atoms with Crippen LogP contribution in [0.15, 0.2) is 10.6 Å². The number of amides is 1. The van der Waals surface area contributed by atoms with Gasteiger partial charge in [0.1, 0.15) is 0 Å². The molecule has 0 atom stereocenters. The fraction of sp³-hybridized carbons (Fsp3) is 0.765. The van der Waals surface area contributed by atoms with Gasteiger partial charge in [-0.2, -0.15) is 0 Å². The molecule has 0 aromatic carbocycles. The second kappa shape index (κ2) is 7.93. The summed E-state index contributed by atoms with van der Waals surface area (Å²) in [4.78, 5) is 14.3. The summed E-state index contributed by atoms with van der Waals surface area (Å²) in [5, 5.41) is 10.2. The molecule has 0 bridgehead atoms. The van der Waals surface area contributed by atoms with Gasteiger partial charge in [-0.1, -0.05) is 32.9 Å². The Labute approximate surface area is 139 Å². The van der Waals surface area contributed by atoms with Crippen LogP contribution < -0.4 is 10.6 Å². The first-order chi connectivity index (χ1) is 10.9. The van der Waals surface area contributed by atoms with Crippen LogP contribution in [0.2, 0.25) is 0 Å². The molecule has 6 nitrogen and oxygen atoms in total. The Balaban J connectivity index is 1.74. The maximum Gasteiger partial charge on any atom is 0.240 e. The third-order valence-corrected chi connectivity index (χ3v) is 4.30. The highest BCUT2D eigenvalue weighted by molar-refractivity contribution is 5.91. The molecule has 0 saturated carbocycles. The molecule has 2 heterocycles. The Morgan fingerprint density at radius 2 is 2.09 bits per heavy atom. The number of carbonyl (C=O) groups is 1. The van der Waals surface area contributed by atoms with Crippen LogP contribution in [-0.4, -0.2) is 48.7 Å². The number of piperidine rings is 1. The van der Waals surface area contributed by atoms with Crippen molar-refractivity contribution in [3.8, 4) is 0 Å². The first kappa shape index (κ1) is 17.9. The lowest BCUT2D eigenvalue weighted by Gasteiger charge is -2.31. The van der Waals surface area contributed by atoms with Crippen molar-refractivity contribution in [3.63, 3.8) is 0 Å². The average molecular weight is 322 g/mol. The molecule has 23 heavy (non-hydrogen) atoms. The lowest BCUT2D eigenvalue weighted by Crippen LogP contribution is -2.41. The van der Waals surface area contributed by atoms with E-state index in [1.54, 1.807) is 6.07 Å². The molecule has 1 aromatic heterocycles. The van der Waals surface area contributed by atoms with Gasteiger partial charge in [0.15, 0.2) is 0 Å². The monoisotopic (exact) mass is 322 g/mol. The summed E-state index contributed by atoms with van der Waals surface area (Å²) in [6.07, 6.45) is 2.30. The number of nitrogens with zero attached hydrogens (tertiary/aromatic N) is 2. The summed E-state index contributed by atoms with van der Waals surface area (Å²) < 4.78 is 5.20. The van der Waals surface area contributed by atoms with E-state index in [0.717, 1.165) is 50.6 Å². The second-order valence-electron chi connectivity index (χ2n) is 7.40. The molecule has 0 spiro atoms. The molecule has 1 amide bonds. The Morgan fingerprint density at radius 1 is 1.39 bits per heavy atom. The number of aromatic nitrogens is 1. The zero-order chi connectivity index (χ0) is 16.9. The summed E-state index contributed by atoms with van der Waals surface area (Å²) >= 11 is 0. The summed E-state index contributed by atoms with van der Waals surface area (Å²) in [5.74, 6) is 1.13. The van der Waals surface area contributed by atoms with E-state index < -0.39 is 0 Å². The van der Waals surface area contributed by atoms with Crippen molar-refractivity contribution in [2.75, 3.05) is 38.0 Å². The van der Waals surface area contributed by atoms with Gasteiger partial charge in [0, 0.05) is 11.5 Å². The van der Waals surface area contributed by atoms with Crippen molar-refractivity contribution in [1.29, 1.82) is 0 Å². The number of likely N-dealkylation sites (tertiary alicyclic amines) is 1. The molecular formula is C17H30N4O2. The molecule has 2 rings (SSSR count). The van der Waals surface area contributed by atoms with E-state index in [-0.39, 0.29) is 11.3 Å². The summed E-state index contributed by atoms with van der Waals surface area (Å²) in [6, 6.07) is 1.81. The number of anilines is 1. The molecule has 1 saturated heterocycles. The largest absolute Gasteiger partial charge is 0.338 e. The molecule has 2 N–H and O–H groups in total. The van der Waals surface area contributed by atoms with Crippen molar-refractivity contribution in [3.05, 3.63) is 11.8 Å². The Hall–Kier alpha value is -1.40. The van der Waals surface area contributed by atoms with Gasteiger partial charge in [-0.25, -0.2) is 0 Å². The van der Waals surface area contributed by atoms with E-state index in [1.165, 1.54) is 0 Å². The molecule has 1 aliphatic rings. The van der Waals surface area contributed by atoms with Crippen LogP contribution >= 0.6 is 0 Å². The smallest absolute Gasteiger partial charge is 0.240 e. The maximum atomic E-state index is 12.1. The van der Waals surface area contributed by atoms with Gasteiger partial charge in [-0.3, -0.25) is 15.0 Å². The van der Waals surface area contributed by atoms with E-state index in [0.29, 0.717) is 12.4 Å². The highest BCUT2D eigenvalue weighted by Crippen LogP contribution is 2.23. The van der Waals surface area contributed by atoms with Gasteiger partial charge in [-0.05, 0) is 44.9 Å². The van der Waals surface area contributed by atoms with Crippen LogP contribution in [0.4, 0.5) is 5.88 Å². The van der Waals surface area contributed by atoms with Gasteiger partial charge in [0.2, 0.25) is 11.8 Å². The first-order valence-corrected chi connectivity index (χ1v) is 8.58. The summed E-state index contributed by atoms with van der Waals surface area (Å²) in [7, 11) is 0. The minimum Gasteiger partial charge on any atom is -0.338 e. The van der Waals surface area contributed by atoms with Gasteiger partial charge in [-0.15, -0.1) is 0 Å². The lowest BCUT2D eigenvalue weighted by molar-refractivity contribution is -0.117. The van der Waals surface area contributed by atoms with Crippen LogP contribution in [0.25, 0.3) is 0 Å². The SMILES string of the molecule is CCNCC1CCN(CC(=O)Nc2cc(C(C)(C)C)no2)CC1. The van der Waals surface area contributed by atoms with E-state index in [9.17, 15) is 4.79 Å². The van der Waals surface area contributed by atoms with Crippen LogP contribution in [0, 0.1) is 5.92 Å². The maximum absolute atomic E-state index is 12.1. The fourth-order valence-corrected chi connectivity index (χ4v) is 2.76. The average Bonchev–Trinajstić information content (AvgIpc) is 2.95. The molecular weight excluding hydrogens is 292 g/mol. The standard InChI is InChI=1S/C17H30N4O2/c1-5-18-11-13-6-8-21(9-7-13)12-15(22)19-16-10-14(20-23-16)17(2,3)4/h10,13,18H,5-9,11-12H2,1-4H3,(H,19,22). The minimum atomic E-state index is -0.0825. The zero-order valence-electron chi connectivity index (χ0n) is 14.8. The van der Waals surface area contributed by atoms with E-state index >= 15 is 0 Å². The van der Waals surface area contributed by atoms with Crippen LogP contribution in [0.5, 0.6) is 0 Å². The molecule has 130 valence electrons. The predicted molar refractivity (Wildman–Crippen MR) is 91.5 cm³/mol. The van der Waals surface area contributed by atoms with Gasteiger partial charge in [0.05, 0.1) is 12.2 Å². The van der Waals surface area contributed by atoms with Crippen molar-refractivity contribution in [2.24, 2.45) is 5.92 Å². The van der Waals surface area contributed by atoms with Crippen molar-refractivity contribution in [1.82, 2.24) is 15.4 Å². The number of hydrogen-bond donors (Lipinski definition) is 2. The summed E-state index contributed by atoms with van der Waals surface area (Å²) in [6.45, 7) is 12.8. The normalized spacial score (nSPS) is 17.4. The highest BCUT2D eigenvalue weighted by Gasteiger charge is 2.22. The Kier molecular flexibility index (Phi) is 6.18. The molecule has 0 aliphatic carbocycles. The van der Waals surface area contributed by atoms with E-state index in [1.807, 2.05) is 0 Å². The zero-order valence-corrected chi connectivity index (χ0v) is 14.8. The fourth-order valence-electron chi connectivity index (χ4n) is 2.76. The molecule has 1 aliphatic heterocycles. The quantitative estimate of drug-likeness (QED) is 0.840. The Morgan fingerprint density at radius 3 is 2.65 bits per heavy atom. The van der Waals surface area contributed by atoms with Crippen LogP contribution in [0.1, 0.15) is 46.2 Å². The molecule has 0 unspecified atom stereocenters. The molecule has 1 fully saturated rings. The third kappa shape index (κ3) is 5.62. The Bertz CT molecular complexity index is 499. The second-order valence-corrected chi connectivity index (χ2v) is 7.40. The van der Waals surface area contributed by atoms with Gasteiger partial charge >= 0.3 is 0 Å². The molecule has 0 radical (unpaired) electrons. The molecule has 1 aromatic rings. The van der Waals surface area contributed by atoms with E-state index in [4.69, 9.17) is 4.52 Å². The van der Waals surface area contributed by atoms with Crippen molar-refractivity contribution < 1.29 is 9.32 Å². The number of hydrogen-bond acceptors (Lipinski definition) is 5. The topological polar surface area (TPSA) is 70.4 Å². The molecule has 6 heteroatoms. The van der Waals surface area contributed by atoms with E-state index in [2.05, 4.69) is 48.4 Å². The number of nitrogens with one attached hydrogen (secondary N) is 2. The lowest BCUT2D eigenvalue weighted by atomic mass is 9.92. The number of carbonyl (C=O) groups excluding carboxylic acids is 1. The minimum absolute atomic E-state index is 0.0354. The third-order valence-electron chi connectivity index (χ3n) is 4.30. The van der Waals surface area contributed by atoms with Crippen molar-refractivity contribution >= 4 is 11.8 Å². The predicted octanol–water partition coefficient (Wildman–Crippen LogP) is 2.23.